The Morgan fingerprint density at radius 1 is 1.11 bits per heavy atom. The van der Waals surface area contributed by atoms with E-state index in [4.69, 9.17) is 0 Å². The first kappa shape index (κ1) is 26.2. The third-order valence-electron chi connectivity index (χ3n) is 7.72. The monoisotopic (exact) mass is 525 g/mol. The summed E-state index contributed by atoms with van der Waals surface area (Å²) in [4.78, 5) is 34.5. The van der Waals surface area contributed by atoms with Crippen LogP contribution >= 0.6 is 0 Å². The molecule has 4 heterocycles. The maximum absolute atomic E-state index is 13.2. The van der Waals surface area contributed by atoms with E-state index in [2.05, 4.69) is 20.1 Å². The molecule has 2 N–H and O–H groups in total. The predicted molar refractivity (Wildman–Crippen MR) is 141 cm³/mol. The van der Waals surface area contributed by atoms with Gasteiger partial charge >= 0.3 is 0 Å². The van der Waals surface area contributed by atoms with Gasteiger partial charge in [-0.1, -0.05) is 18.9 Å². The minimum atomic E-state index is -2.58. The van der Waals surface area contributed by atoms with Crippen LogP contribution in [0.4, 0.5) is 14.5 Å². The van der Waals surface area contributed by atoms with Crippen LogP contribution in [0.3, 0.4) is 0 Å². The Balaban J connectivity index is 1.29. The Morgan fingerprint density at radius 2 is 1.89 bits per heavy atom. The van der Waals surface area contributed by atoms with Crippen molar-refractivity contribution in [3.63, 3.8) is 0 Å². The summed E-state index contributed by atoms with van der Waals surface area (Å²) in [7, 11) is 0. The van der Waals surface area contributed by atoms with E-state index in [0.29, 0.717) is 26.2 Å². The highest BCUT2D eigenvalue weighted by atomic mass is 19.3. The van der Waals surface area contributed by atoms with Crippen LogP contribution in [0.15, 0.2) is 53.6 Å². The first-order valence-electron chi connectivity index (χ1n) is 13.2. The molecule has 2 fully saturated rings. The van der Waals surface area contributed by atoms with Gasteiger partial charge in [-0.3, -0.25) is 23.9 Å². The van der Waals surface area contributed by atoms with Gasteiger partial charge in [0.1, 0.15) is 11.3 Å². The molecule has 0 radical (unpaired) electrons. The van der Waals surface area contributed by atoms with E-state index in [-0.39, 0.29) is 22.7 Å². The number of nitrogens with zero attached hydrogens (tertiary/aromatic N) is 4. The third kappa shape index (κ3) is 5.71. The van der Waals surface area contributed by atoms with Gasteiger partial charge in [-0.05, 0) is 48.7 Å². The molecule has 1 aliphatic carbocycles. The molecular formula is C28H33F2N5O3. The molecule has 0 bridgehead atoms. The number of carbonyl (C=O) groups excluding carboxylic acids is 1. The standard InChI is InChI=1S/C28H33F2N5O3/c29-26(30)23-9-8-21(17-31-23)34-13-11-33(12-14-34)18-20-15-22(28(38)35-10-4-3-6-24(20)35)27(37)32-16-19-5-1-2-7-25(19)36/h3-4,6,8-10,15,17,19,25-26,36H,1-2,5,7,11-14,16,18H2,(H,32,37)/t19-,25+/m1/s1. The average molecular weight is 526 g/mol. The summed E-state index contributed by atoms with van der Waals surface area (Å²) in [5.41, 5.74) is 1.95. The van der Waals surface area contributed by atoms with Crippen LogP contribution < -0.4 is 15.8 Å². The van der Waals surface area contributed by atoms with Gasteiger partial charge in [0.15, 0.2) is 0 Å². The number of piperazine rings is 1. The van der Waals surface area contributed by atoms with E-state index < -0.39 is 18.4 Å². The summed E-state index contributed by atoms with van der Waals surface area (Å²) in [6, 6.07) is 10.3. The number of fused-ring (bicyclic) bond motifs is 1. The summed E-state index contributed by atoms with van der Waals surface area (Å²) in [6.45, 7) is 3.79. The van der Waals surface area contributed by atoms with Crippen LogP contribution in [0.2, 0.25) is 0 Å². The van der Waals surface area contributed by atoms with Crippen molar-refractivity contribution in [3.05, 3.63) is 76.0 Å². The van der Waals surface area contributed by atoms with Crippen molar-refractivity contribution in [2.75, 3.05) is 37.6 Å². The van der Waals surface area contributed by atoms with Gasteiger partial charge in [-0.25, -0.2) is 8.78 Å². The number of aliphatic hydroxyl groups is 1. The Bertz CT molecular complexity index is 1320. The highest BCUT2D eigenvalue weighted by Crippen LogP contribution is 2.24. The molecule has 8 nitrogen and oxygen atoms in total. The summed E-state index contributed by atoms with van der Waals surface area (Å²) in [6.07, 6.45) is 3.80. The van der Waals surface area contributed by atoms with E-state index in [9.17, 15) is 23.5 Å². The van der Waals surface area contributed by atoms with Crippen molar-refractivity contribution in [3.8, 4) is 0 Å². The smallest absolute Gasteiger partial charge is 0.280 e. The van der Waals surface area contributed by atoms with Gasteiger partial charge in [0.25, 0.3) is 17.9 Å². The second-order valence-electron chi connectivity index (χ2n) is 10.2. The molecule has 1 saturated carbocycles. The SMILES string of the molecule is O=C(NC[C@H]1CCCC[C@@H]1O)c1cc(CN2CCN(c3ccc(C(F)F)nc3)CC2)c2ccccn2c1=O. The number of aliphatic hydroxyl groups excluding tert-OH is 1. The highest BCUT2D eigenvalue weighted by molar-refractivity contribution is 5.94. The van der Waals surface area contributed by atoms with Crippen molar-refractivity contribution < 1.29 is 18.7 Å². The molecule has 3 aromatic heterocycles. The van der Waals surface area contributed by atoms with Crippen molar-refractivity contribution in [1.82, 2.24) is 19.6 Å². The summed E-state index contributed by atoms with van der Waals surface area (Å²) in [5.74, 6) is -0.412. The molecule has 3 aromatic rings. The van der Waals surface area contributed by atoms with Gasteiger partial charge in [0.2, 0.25) is 0 Å². The molecule has 202 valence electrons. The Morgan fingerprint density at radius 3 is 2.61 bits per heavy atom. The predicted octanol–water partition coefficient (Wildman–Crippen LogP) is 3.24. The normalized spacial score (nSPS) is 20.7. The number of halogens is 2. The number of hydrogen-bond acceptors (Lipinski definition) is 6. The number of alkyl halides is 2. The molecule has 2 aliphatic rings. The van der Waals surface area contributed by atoms with Crippen LogP contribution in [0, 0.1) is 5.92 Å². The van der Waals surface area contributed by atoms with E-state index in [0.717, 1.165) is 55.5 Å². The Kier molecular flexibility index (Phi) is 7.99. The van der Waals surface area contributed by atoms with Crippen LogP contribution in [-0.2, 0) is 6.54 Å². The fourth-order valence-corrected chi connectivity index (χ4v) is 5.47. The minimum absolute atomic E-state index is 0.00783. The quantitative estimate of drug-likeness (QED) is 0.492. The maximum Gasteiger partial charge on any atom is 0.280 e. The average Bonchev–Trinajstić information content (AvgIpc) is 2.94. The Hall–Kier alpha value is -3.37. The van der Waals surface area contributed by atoms with E-state index >= 15 is 0 Å². The molecule has 2 atom stereocenters. The maximum atomic E-state index is 13.2. The molecular weight excluding hydrogens is 492 g/mol. The molecule has 10 heteroatoms. The first-order chi connectivity index (χ1) is 18.4. The number of pyridine rings is 3. The zero-order chi connectivity index (χ0) is 26.6. The van der Waals surface area contributed by atoms with Crippen LogP contribution in [0.25, 0.3) is 5.52 Å². The van der Waals surface area contributed by atoms with Gasteiger partial charge < -0.3 is 15.3 Å². The number of rotatable bonds is 7. The number of nitrogens with one attached hydrogen (secondary N) is 1. The molecule has 1 saturated heterocycles. The number of anilines is 1. The Labute approximate surface area is 219 Å². The summed E-state index contributed by atoms with van der Waals surface area (Å²) >= 11 is 0. The van der Waals surface area contributed by atoms with Crippen LogP contribution in [-0.4, -0.2) is 64.1 Å². The molecule has 0 unspecified atom stereocenters. The highest BCUT2D eigenvalue weighted by Gasteiger charge is 2.25. The topological polar surface area (TPSA) is 90.2 Å². The lowest BCUT2D eigenvalue weighted by Gasteiger charge is -2.36. The fraction of sp³-hybridized carbons (Fsp3) is 0.464. The molecule has 38 heavy (non-hydrogen) atoms. The van der Waals surface area contributed by atoms with Gasteiger partial charge in [0.05, 0.1) is 23.5 Å². The van der Waals surface area contributed by atoms with E-state index in [1.165, 1.54) is 16.7 Å². The minimum Gasteiger partial charge on any atom is -0.393 e. The van der Waals surface area contributed by atoms with Crippen LogP contribution in [0.5, 0.6) is 0 Å². The van der Waals surface area contributed by atoms with Crippen molar-refractivity contribution in [2.45, 2.75) is 44.8 Å². The zero-order valence-corrected chi connectivity index (χ0v) is 21.2. The summed E-state index contributed by atoms with van der Waals surface area (Å²) < 4.78 is 27.2. The van der Waals surface area contributed by atoms with Crippen LogP contribution in [0.1, 0.15) is 53.7 Å². The van der Waals surface area contributed by atoms with Crippen molar-refractivity contribution >= 4 is 17.1 Å². The lowest BCUT2D eigenvalue weighted by atomic mass is 9.86. The van der Waals surface area contributed by atoms with E-state index in [1.807, 2.05) is 12.1 Å². The zero-order valence-electron chi connectivity index (χ0n) is 21.2. The molecule has 1 aliphatic heterocycles. The summed E-state index contributed by atoms with van der Waals surface area (Å²) in [5, 5.41) is 13.1. The van der Waals surface area contributed by atoms with Gasteiger partial charge in [-0.15, -0.1) is 0 Å². The number of aromatic nitrogens is 2. The number of carbonyl (C=O) groups is 1. The van der Waals surface area contributed by atoms with Crippen molar-refractivity contribution in [2.24, 2.45) is 5.92 Å². The third-order valence-corrected chi connectivity index (χ3v) is 7.72. The van der Waals surface area contributed by atoms with Gasteiger partial charge in [0, 0.05) is 51.4 Å². The fourth-order valence-electron chi connectivity index (χ4n) is 5.47. The lowest BCUT2D eigenvalue weighted by Crippen LogP contribution is -2.46. The van der Waals surface area contributed by atoms with Crippen molar-refractivity contribution in [1.29, 1.82) is 0 Å². The second kappa shape index (κ2) is 11.6. The molecule has 0 aromatic carbocycles. The lowest BCUT2D eigenvalue weighted by molar-refractivity contribution is 0.0662. The largest absolute Gasteiger partial charge is 0.393 e. The number of hydrogen-bond donors (Lipinski definition) is 2. The molecule has 0 spiro atoms. The van der Waals surface area contributed by atoms with E-state index in [1.54, 1.807) is 24.4 Å². The molecule has 1 amide bonds. The first-order valence-corrected chi connectivity index (χ1v) is 13.2. The second-order valence-corrected chi connectivity index (χ2v) is 10.2. The van der Waals surface area contributed by atoms with Gasteiger partial charge in [-0.2, -0.15) is 0 Å². The number of amides is 1. The molecule has 5 rings (SSSR count).